The third kappa shape index (κ3) is 2.56. The summed E-state index contributed by atoms with van der Waals surface area (Å²) < 4.78 is 0. The van der Waals surface area contributed by atoms with Gasteiger partial charge in [-0.2, -0.15) is 0 Å². The summed E-state index contributed by atoms with van der Waals surface area (Å²) in [5.41, 5.74) is 1.09. The lowest BCUT2D eigenvalue weighted by Gasteiger charge is -2.14. The van der Waals surface area contributed by atoms with E-state index in [2.05, 4.69) is 12.2 Å². The molecule has 1 aromatic rings. The standard InChI is InChI=1S/C13H16ClNO/c1-8-7-12(8)13(16)15-9(2)10-3-5-11(14)6-4-10/h3-6,8-9,12H,7H2,1-2H3,(H,15,16). The minimum atomic E-state index is 0.0533. The van der Waals surface area contributed by atoms with E-state index in [0.29, 0.717) is 5.92 Å². The van der Waals surface area contributed by atoms with Crippen LogP contribution in [0.25, 0.3) is 0 Å². The van der Waals surface area contributed by atoms with Crippen LogP contribution in [-0.4, -0.2) is 5.91 Å². The molecule has 0 aliphatic heterocycles. The van der Waals surface area contributed by atoms with Crippen molar-refractivity contribution >= 4 is 17.5 Å². The Bertz CT molecular complexity index is 387. The second-order valence-electron chi connectivity index (χ2n) is 4.60. The maximum Gasteiger partial charge on any atom is 0.223 e. The molecule has 1 fully saturated rings. The Morgan fingerprint density at radius 3 is 2.50 bits per heavy atom. The molecule has 1 N–H and O–H groups in total. The van der Waals surface area contributed by atoms with Crippen LogP contribution < -0.4 is 5.32 Å². The lowest BCUT2D eigenvalue weighted by molar-refractivity contribution is -0.123. The Hall–Kier alpha value is -1.02. The van der Waals surface area contributed by atoms with Gasteiger partial charge in [0.05, 0.1) is 6.04 Å². The van der Waals surface area contributed by atoms with Gasteiger partial charge in [0, 0.05) is 10.9 Å². The third-order valence-electron chi connectivity index (χ3n) is 3.18. The predicted octanol–water partition coefficient (Wildman–Crippen LogP) is 3.17. The van der Waals surface area contributed by atoms with Gasteiger partial charge in [-0.25, -0.2) is 0 Å². The van der Waals surface area contributed by atoms with Gasteiger partial charge in [0.1, 0.15) is 0 Å². The largest absolute Gasteiger partial charge is 0.349 e. The summed E-state index contributed by atoms with van der Waals surface area (Å²) in [6.45, 7) is 4.10. The lowest BCUT2D eigenvalue weighted by atomic mass is 10.1. The minimum Gasteiger partial charge on any atom is -0.349 e. The predicted molar refractivity (Wildman–Crippen MR) is 65.3 cm³/mol. The topological polar surface area (TPSA) is 29.1 Å². The number of halogens is 1. The van der Waals surface area contributed by atoms with E-state index >= 15 is 0 Å². The molecule has 1 aromatic carbocycles. The molecular formula is C13H16ClNO. The smallest absolute Gasteiger partial charge is 0.223 e. The first-order chi connectivity index (χ1) is 7.58. The Kier molecular flexibility index (Phi) is 3.20. The average Bonchev–Trinajstić information content (AvgIpc) is 2.96. The van der Waals surface area contributed by atoms with Crippen LogP contribution in [-0.2, 0) is 4.79 Å². The van der Waals surface area contributed by atoms with Crippen molar-refractivity contribution in [3.63, 3.8) is 0 Å². The second kappa shape index (κ2) is 4.46. The van der Waals surface area contributed by atoms with E-state index in [-0.39, 0.29) is 17.9 Å². The van der Waals surface area contributed by atoms with Crippen LogP contribution in [0.1, 0.15) is 31.9 Å². The summed E-state index contributed by atoms with van der Waals surface area (Å²) in [5, 5.41) is 3.75. The molecule has 3 atom stereocenters. The number of hydrogen-bond donors (Lipinski definition) is 1. The number of benzene rings is 1. The van der Waals surface area contributed by atoms with Gasteiger partial charge in [0.15, 0.2) is 0 Å². The highest BCUT2D eigenvalue weighted by atomic mass is 35.5. The molecular weight excluding hydrogens is 222 g/mol. The maximum atomic E-state index is 11.7. The molecule has 2 rings (SSSR count). The van der Waals surface area contributed by atoms with Gasteiger partial charge in [-0.05, 0) is 37.0 Å². The van der Waals surface area contributed by atoms with Gasteiger partial charge in [-0.1, -0.05) is 30.7 Å². The molecule has 1 aliphatic rings. The molecule has 86 valence electrons. The maximum absolute atomic E-state index is 11.7. The normalized spacial score (nSPS) is 24.9. The zero-order valence-corrected chi connectivity index (χ0v) is 10.3. The van der Waals surface area contributed by atoms with Gasteiger partial charge in [-0.3, -0.25) is 4.79 Å². The van der Waals surface area contributed by atoms with Gasteiger partial charge < -0.3 is 5.32 Å². The highest BCUT2D eigenvalue weighted by Crippen LogP contribution is 2.38. The Balaban J connectivity index is 1.94. The van der Waals surface area contributed by atoms with Crippen LogP contribution in [0.3, 0.4) is 0 Å². The van der Waals surface area contributed by atoms with Crippen LogP contribution in [0.2, 0.25) is 5.02 Å². The van der Waals surface area contributed by atoms with Gasteiger partial charge in [0.2, 0.25) is 5.91 Å². The number of carbonyl (C=O) groups is 1. The summed E-state index contributed by atoms with van der Waals surface area (Å²) in [5.74, 6) is 0.960. The molecule has 2 nitrogen and oxygen atoms in total. The summed E-state index contributed by atoms with van der Waals surface area (Å²) in [6.07, 6.45) is 1.03. The van der Waals surface area contributed by atoms with Crippen LogP contribution in [0.5, 0.6) is 0 Å². The minimum absolute atomic E-state index is 0.0533. The first kappa shape index (κ1) is 11.5. The third-order valence-corrected chi connectivity index (χ3v) is 3.43. The monoisotopic (exact) mass is 237 g/mol. The Morgan fingerprint density at radius 1 is 1.44 bits per heavy atom. The van der Waals surface area contributed by atoms with Crippen LogP contribution in [0.15, 0.2) is 24.3 Å². The Morgan fingerprint density at radius 2 is 2.00 bits per heavy atom. The zero-order chi connectivity index (χ0) is 11.7. The molecule has 0 saturated heterocycles. The molecule has 1 aliphatic carbocycles. The van der Waals surface area contributed by atoms with Crippen molar-refractivity contribution < 1.29 is 4.79 Å². The molecule has 0 radical (unpaired) electrons. The van der Waals surface area contributed by atoms with Gasteiger partial charge in [0.25, 0.3) is 0 Å². The highest BCUT2D eigenvalue weighted by Gasteiger charge is 2.39. The fraction of sp³-hybridized carbons (Fsp3) is 0.462. The molecule has 3 heteroatoms. The van der Waals surface area contributed by atoms with E-state index in [0.717, 1.165) is 17.0 Å². The molecule has 3 unspecified atom stereocenters. The second-order valence-corrected chi connectivity index (χ2v) is 5.04. The summed E-state index contributed by atoms with van der Waals surface area (Å²) in [7, 11) is 0. The summed E-state index contributed by atoms with van der Waals surface area (Å²) in [6, 6.07) is 7.64. The van der Waals surface area contributed by atoms with E-state index in [9.17, 15) is 4.79 Å². The van der Waals surface area contributed by atoms with Crippen LogP contribution in [0, 0.1) is 11.8 Å². The molecule has 1 saturated carbocycles. The van der Waals surface area contributed by atoms with Crippen molar-refractivity contribution in [2.45, 2.75) is 26.3 Å². The SMILES string of the molecule is CC(NC(=O)C1CC1C)c1ccc(Cl)cc1. The first-order valence-electron chi connectivity index (χ1n) is 5.64. The fourth-order valence-electron chi connectivity index (χ4n) is 1.84. The molecule has 0 aromatic heterocycles. The molecule has 16 heavy (non-hydrogen) atoms. The van der Waals surface area contributed by atoms with Crippen molar-refractivity contribution in [3.8, 4) is 0 Å². The molecule has 0 spiro atoms. The lowest BCUT2D eigenvalue weighted by Crippen LogP contribution is -2.28. The first-order valence-corrected chi connectivity index (χ1v) is 6.01. The highest BCUT2D eigenvalue weighted by molar-refractivity contribution is 6.30. The molecule has 0 bridgehead atoms. The Labute approximate surface area is 101 Å². The fourth-order valence-corrected chi connectivity index (χ4v) is 1.97. The van der Waals surface area contributed by atoms with E-state index in [4.69, 9.17) is 11.6 Å². The average molecular weight is 238 g/mol. The van der Waals surface area contributed by atoms with Crippen LogP contribution in [0.4, 0.5) is 0 Å². The van der Waals surface area contributed by atoms with Crippen molar-refractivity contribution in [1.82, 2.24) is 5.32 Å². The van der Waals surface area contributed by atoms with Crippen molar-refractivity contribution in [2.75, 3.05) is 0 Å². The van der Waals surface area contributed by atoms with Crippen molar-refractivity contribution in [3.05, 3.63) is 34.9 Å². The summed E-state index contributed by atoms with van der Waals surface area (Å²) in [4.78, 5) is 11.7. The zero-order valence-electron chi connectivity index (χ0n) is 9.53. The van der Waals surface area contributed by atoms with Gasteiger partial charge >= 0.3 is 0 Å². The molecule has 1 amide bonds. The van der Waals surface area contributed by atoms with E-state index in [1.165, 1.54) is 0 Å². The van der Waals surface area contributed by atoms with Gasteiger partial charge in [-0.15, -0.1) is 0 Å². The number of nitrogens with one attached hydrogen (secondary N) is 1. The number of rotatable bonds is 3. The van der Waals surface area contributed by atoms with E-state index < -0.39 is 0 Å². The van der Waals surface area contributed by atoms with Crippen molar-refractivity contribution in [2.24, 2.45) is 11.8 Å². The number of carbonyl (C=O) groups excluding carboxylic acids is 1. The number of amides is 1. The van der Waals surface area contributed by atoms with Crippen LogP contribution >= 0.6 is 11.6 Å². The van der Waals surface area contributed by atoms with E-state index in [1.807, 2.05) is 31.2 Å². The quantitative estimate of drug-likeness (QED) is 0.860. The summed E-state index contributed by atoms with van der Waals surface area (Å²) >= 11 is 5.81. The molecule has 0 heterocycles. The van der Waals surface area contributed by atoms with E-state index in [1.54, 1.807) is 0 Å². The number of hydrogen-bond acceptors (Lipinski definition) is 1. The van der Waals surface area contributed by atoms with Crippen molar-refractivity contribution in [1.29, 1.82) is 0 Å².